The quantitative estimate of drug-likeness (QED) is 0.528. The van der Waals surface area contributed by atoms with Crippen LogP contribution in [0.15, 0.2) is 4.63 Å². The van der Waals surface area contributed by atoms with E-state index >= 15 is 0 Å². The van der Waals surface area contributed by atoms with E-state index < -0.39 is 30.3 Å². The van der Waals surface area contributed by atoms with Crippen molar-refractivity contribution in [2.45, 2.75) is 12.5 Å². The first-order chi connectivity index (χ1) is 8.45. The van der Waals surface area contributed by atoms with Crippen molar-refractivity contribution in [1.29, 1.82) is 0 Å². The fourth-order valence-corrected chi connectivity index (χ4v) is 1.03. The van der Waals surface area contributed by atoms with Gasteiger partial charge in [-0.25, -0.2) is 9.42 Å². The zero-order valence-electron chi connectivity index (χ0n) is 9.24. The Morgan fingerprint density at radius 3 is 2.61 bits per heavy atom. The molecule has 0 aliphatic heterocycles. The number of nitrogen functional groups attached to an aromatic ring is 1. The van der Waals surface area contributed by atoms with Crippen LogP contribution in [0.25, 0.3) is 0 Å². The van der Waals surface area contributed by atoms with Gasteiger partial charge in [-0.15, -0.1) is 0 Å². The minimum absolute atomic E-state index is 0.283. The predicted octanol–water partition coefficient (Wildman–Crippen LogP) is -1.60. The Kier molecular flexibility index (Phi) is 4.18. The zero-order chi connectivity index (χ0) is 13.7. The molecule has 1 atom stereocenters. The normalized spacial score (nSPS) is 11.6. The van der Waals surface area contributed by atoms with Crippen molar-refractivity contribution in [3.63, 3.8) is 0 Å². The van der Waals surface area contributed by atoms with Gasteiger partial charge in [0, 0.05) is 0 Å². The van der Waals surface area contributed by atoms with Crippen molar-refractivity contribution in [2.75, 3.05) is 12.8 Å². The maximum absolute atomic E-state index is 11.5. The molecule has 1 rings (SSSR count). The van der Waals surface area contributed by atoms with Crippen molar-refractivity contribution >= 4 is 23.7 Å². The third-order valence-electron chi connectivity index (χ3n) is 1.93. The van der Waals surface area contributed by atoms with Gasteiger partial charge in [0.1, 0.15) is 6.04 Å². The van der Waals surface area contributed by atoms with E-state index in [1.165, 1.54) is 0 Å². The fourth-order valence-electron chi connectivity index (χ4n) is 1.03. The van der Waals surface area contributed by atoms with E-state index in [1.54, 1.807) is 0 Å². The van der Waals surface area contributed by atoms with Crippen LogP contribution < -0.4 is 11.1 Å². The molecule has 1 aromatic rings. The van der Waals surface area contributed by atoms with Gasteiger partial charge < -0.3 is 20.9 Å². The molecular formula is C8H10N4O6. The van der Waals surface area contributed by atoms with E-state index in [1.807, 2.05) is 5.32 Å². The summed E-state index contributed by atoms with van der Waals surface area (Å²) < 4.78 is 8.49. The molecule has 0 aromatic carbocycles. The Morgan fingerprint density at radius 1 is 1.50 bits per heavy atom. The Morgan fingerprint density at radius 2 is 2.17 bits per heavy atom. The number of nitrogens with one attached hydrogen (secondary N) is 1. The smallest absolute Gasteiger partial charge is 0.326 e. The van der Waals surface area contributed by atoms with Crippen LogP contribution in [0, 0.1) is 0 Å². The number of aromatic nitrogens is 2. The third-order valence-corrected chi connectivity index (χ3v) is 1.93. The van der Waals surface area contributed by atoms with Gasteiger partial charge in [-0.1, -0.05) is 0 Å². The molecule has 98 valence electrons. The highest BCUT2D eigenvalue weighted by Gasteiger charge is 2.26. The zero-order valence-corrected chi connectivity index (χ0v) is 9.24. The van der Waals surface area contributed by atoms with Gasteiger partial charge in [-0.3, -0.25) is 9.59 Å². The Bertz CT molecular complexity index is 470. The summed E-state index contributed by atoms with van der Waals surface area (Å²) in [6.07, 6.45) is -0.525. The van der Waals surface area contributed by atoms with Crippen molar-refractivity contribution in [1.82, 2.24) is 15.6 Å². The van der Waals surface area contributed by atoms with Crippen LogP contribution in [0.3, 0.4) is 0 Å². The van der Waals surface area contributed by atoms with Crippen molar-refractivity contribution < 1.29 is 28.9 Å². The highest BCUT2D eigenvalue weighted by molar-refractivity contribution is 5.98. The largest absolute Gasteiger partial charge is 0.480 e. The van der Waals surface area contributed by atoms with Gasteiger partial charge in [0.15, 0.2) is 0 Å². The lowest BCUT2D eigenvalue weighted by molar-refractivity contribution is -0.147. The first kappa shape index (κ1) is 13.4. The second kappa shape index (κ2) is 5.61. The van der Waals surface area contributed by atoms with Gasteiger partial charge in [-0.05, 0) is 10.3 Å². The number of carboxylic acids is 1. The first-order valence-electron chi connectivity index (χ1n) is 4.64. The molecular weight excluding hydrogens is 248 g/mol. The van der Waals surface area contributed by atoms with Crippen molar-refractivity contribution in [3.05, 3.63) is 5.69 Å². The molecule has 0 saturated carbocycles. The number of rotatable bonds is 5. The molecule has 18 heavy (non-hydrogen) atoms. The molecule has 0 bridgehead atoms. The number of nitrogens with zero attached hydrogens (tertiary/aromatic N) is 2. The number of carboxylic acid groups (broad SMARTS) is 1. The molecule has 0 spiro atoms. The second-order valence-corrected chi connectivity index (χ2v) is 3.14. The van der Waals surface area contributed by atoms with Gasteiger partial charge in [0.05, 0.1) is 13.5 Å². The van der Waals surface area contributed by atoms with Crippen LogP contribution in [0.5, 0.6) is 0 Å². The van der Waals surface area contributed by atoms with Crippen LogP contribution in [0.1, 0.15) is 16.9 Å². The Labute approximate surface area is 100 Å². The van der Waals surface area contributed by atoms with Gasteiger partial charge in [0.2, 0.25) is 11.5 Å². The maximum Gasteiger partial charge on any atom is 0.326 e. The highest BCUT2D eigenvalue weighted by Crippen LogP contribution is 2.05. The Hall–Kier alpha value is -2.65. The molecule has 10 heteroatoms. The molecule has 0 unspecified atom stereocenters. The summed E-state index contributed by atoms with van der Waals surface area (Å²) in [5.74, 6) is -3.38. The summed E-state index contributed by atoms with van der Waals surface area (Å²) in [6.45, 7) is 0. The number of methoxy groups -OCH3 is 1. The standard InChI is InChI=1S/C8H10N4O6/c1-17-4(13)2-3(8(15)16)10-7(14)5-6(9)12-18-11-5/h3H,2H2,1H3,(H2,9,12)(H,10,14)(H,15,16)/t3-/m0/s1. The number of carbonyl (C=O) groups is 3. The van der Waals surface area contributed by atoms with Crippen molar-refractivity contribution in [2.24, 2.45) is 0 Å². The molecule has 0 fully saturated rings. The van der Waals surface area contributed by atoms with E-state index in [0.717, 1.165) is 7.11 Å². The molecule has 0 saturated heterocycles. The summed E-state index contributed by atoms with van der Waals surface area (Å²) in [5.41, 5.74) is 4.90. The Balaban J connectivity index is 2.73. The average Bonchev–Trinajstić information content (AvgIpc) is 2.74. The summed E-state index contributed by atoms with van der Waals surface area (Å²) in [5, 5.41) is 17.2. The average molecular weight is 258 g/mol. The molecule has 1 aromatic heterocycles. The first-order valence-corrected chi connectivity index (χ1v) is 4.64. The van der Waals surface area contributed by atoms with Gasteiger partial charge in [-0.2, -0.15) is 0 Å². The number of ether oxygens (including phenoxy) is 1. The number of esters is 1. The number of aliphatic carboxylic acids is 1. The third kappa shape index (κ3) is 3.17. The van der Waals surface area contributed by atoms with E-state index in [0.29, 0.717) is 0 Å². The molecule has 10 nitrogen and oxygen atoms in total. The van der Waals surface area contributed by atoms with E-state index in [9.17, 15) is 14.4 Å². The number of anilines is 1. The minimum atomic E-state index is -1.46. The van der Waals surface area contributed by atoms with Crippen LogP contribution >= 0.6 is 0 Å². The fraction of sp³-hybridized carbons (Fsp3) is 0.375. The summed E-state index contributed by atoms with van der Waals surface area (Å²) in [6, 6.07) is -1.46. The summed E-state index contributed by atoms with van der Waals surface area (Å²) in [7, 11) is 1.10. The number of hydrogen-bond acceptors (Lipinski definition) is 8. The van der Waals surface area contributed by atoms with E-state index in [-0.39, 0.29) is 11.5 Å². The van der Waals surface area contributed by atoms with Crippen LogP contribution in [0.4, 0.5) is 5.82 Å². The highest BCUT2D eigenvalue weighted by atomic mass is 16.6. The van der Waals surface area contributed by atoms with E-state index in [2.05, 4.69) is 19.7 Å². The number of carbonyl (C=O) groups excluding carboxylic acids is 2. The molecule has 1 amide bonds. The lowest BCUT2D eigenvalue weighted by Gasteiger charge is -2.11. The predicted molar refractivity (Wildman–Crippen MR) is 54.2 cm³/mol. The van der Waals surface area contributed by atoms with Crippen LogP contribution in [0.2, 0.25) is 0 Å². The lowest BCUT2D eigenvalue weighted by Crippen LogP contribution is -2.42. The van der Waals surface area contributed by atoms with Gasteiger partial charge in [0.25, 0.3) is 5.91 Å². The summed E-state index contributed by atoms with van der Waals surface area (Å²) >= 11 is 0. The summed E-state index contributed by atoms with van der Waals surface area (Å²) in [4.78, 5) is 33.3. The number of hydrogen-bond donors (Lipinski definition) is 3. The monoisotopic (exact) mass is 258 g/mol. The molecule has 0 radical (unpaired) electrons. The second-order valence-electron chi connectivity index (χ2n) is 3.14. The van der Waals surface area contributed by atoms with Crippen LogP contribution in [-0.4, -0.2) is 46.4 Å². The van der Waals surface area contributed by atoms with Gasteiger partial charge >= 0.3 is 11.9 Å². The molecule has 0 aliphatic rings. The molecule has 0 aliphatic carbocycles. The molecule has 4 N–H and O–H groups in total. The number of nitrogens with two attached hydrogens (primary N) is 1. The molecule has 1 heterocycles. The lowest BCUT2D eigenvalue weighted by atomic mass is 10.2. The number of amides is 1. The van der Waals surface area contributed by atoms with Crippen molar-refractivity contribution in [3.8, 4) is 0 Å². The minimum Gasteiger partial charge on any atom is -0.480 e. The van der Waals surface area contributed by atoms with Crippen LogP contribution in [-0.2, 0) is 14.3 Å². The maximum atomic E-state index is 11.5. The topological polar surface area (TPSA) is 158 Å². The van der Waals surface area contributed by atoms with E-state index in [4.69, 9.17) is 10.8 Å². The SMILES string of the molecule is COC(=O)C[C@H](NC(=O)c1nonc1N)C(=O)O.